The fraction of sp³-hybridized carbons (Fsp3) is 0.417. The molecule has 0 spiro atoms. The van der Waals surface area contributed by atoms with Crippen LogP contribution in [0.1, 0.15) is 16.5 Å². The second-order valence-corrected chi connectivity index (χ2v) is 5.61. The SMILES string of the molecule is O=C(Cc1nc(CCl)cs1)N1CCn2ccnc2C1. The van der Waals surface area contributed by atoms with Crippen molar-refractivity contribution < 1.29 is 4.79 Å². The first-order valence-electron chi connectivity index (χ1n) is 6.03. The fourth-order valence-electron chi connectivity index (χ4n) is 2.12. The summed E-state index contributed by atoms with van der Waals surface area (Å²) in [5, 5.41) is 2.73. The lowest BCUT2D eigenvalue weighted by Gasteiger charge is -2.27. The van der Waals surface area contributed by atoms with Crippen molar-refractivity contribution in [1.82, 2.24) is 19.4 Å². The highest BCUT2D eigenvalue weighted by atomic mass is 35.5. The van der Waals surface area contributed by atoms with Crippen LogP contribution in [0.4, 0.5) is 0 Å². The van der Waals surface area contributed by atoms with E-state index in [2.05, 4.69) is 14.5 Å². The molecule has 3 rings (SSSR count). The Bertz CT molecular complexity index is 594. The van der Waals surface area contributed by atoms with Gasteiger partial charge in [0.05, 0.1) is 24.5 Å². The van der Waals surface area contributed by atoms with Gasteiger partial charge in [-0.15, -0.1) is 22.9 Å². The molecule has 0 bridgehead atoms. The Kier molecular flexibility index (Phi) is 3.52. The van der Waals surface area contributed by atoms with Gasteiger partial charge in [-0.1, -0.05) is 0 Å². The number of rotatable bonds is 3. The van der Waals surface area contributed by atoms with Crippen LogP contribution in [-0.4, -0.2) is 31.9 Å². The smallest absolute Gasteiger partial charge is 0.229 e. The van der Waals surface area contributed by atoms with Crippen molar-refractivity contribution in [2.24, 2.45) is 0 Å². The highest BCUT2D eigenvalue weighted by Gasteiger charge is 2.21. The molecular formula is C12H13ClN4OS. The number of nitrogens with zero attached hydrogens (tertiary/aromatic N) is 4. The van der Waals surface area contributed by atoms with Gasteiger partial charge in [0.15, 0.2) is 0 Å². The van der Waals surface area contributed by atoms with E-state index in [0.717, 1.165) is 29.6 Å². The molecule has 0 atom stereocenters. The maximum Gasteiger partial charge on any atom is 0.229 e. The van der Waals surface area contributed by atoms with E-state index in [-0.39, 0.29) is 5.91 Å². The average Bonchev–Trinajstić information content (AvgIpc) is 3.05. The van der Waals surface area contributed by atoms with E-state index >= 15 is 0 Å². The van der Waals surface area contributed by atoms with Crippen LogP contribution in [0, 0.1) is 0 Å². The van der Waals surface area contributed by atoms with E-state index in [1.54, 1.807) is 6.20 Å². The molecule has 0 unspecified atom stereocenters. The molecule has 2 aromatic rings. The lowest BCUT2D eigenvalue weighted by molar-refractivity contribution is -0.132. The van der Waals surface area contributed by atoms with Crippen molar-refractivity contribution in [2.45, 2.75) is 25.4 Å². The van der Waals surface area contributed by atoms with Crippen LogP contribution in [0.2, 0.25) is 0 Å². The van der Waals surface area contributed by atoms with Gasteiger partial charge in [0.25, 0.3) is 0 Å². The summed E-state index contributed by atoms with van der Waals surface area (Å²) in [6.45, 7) is 2.13. The third kappa shape index (κ3) is 2.64. The molecule has 0 aromatic carbocycles. The number of thiazole rings is 1. The first kappa shape index (κ1) is 12.6. The van der Waals surface area contributed by atoms with Gasteiger partial charge >= 0.3 is 0 Å². The van der Waals surface area contributed by atoms with Gasteiger partial charge in [-0.2, -0.15) is 0 Å². The Labute approximate surface area is 119 Å². The molecule has 0 fully saturated rings. The largest absolute Gasteiger partial charge is 0.333 e. The molecule has 100 valence electrons. The molecule has 0 N–H and O–H groups in total. The van der Waals surface area contributed by atoms with E-state index in [4.69, 9.17) is 11.6 Å². The summed E-state index contributed by atoms with van der Waals surface area (Å²) in [5.74, 6) is 1.44. The molecular weight excluding hydrogens is 284 g/mol. The van der Waals surface area contributed by atoms with E-state index < -0.39 is 0 Å². The molecule has 0 radical (unpaired) electrons. The standard InChI is InChI=1S/C12H13ClN4OS/c13-6-9-8-19-11(15-9)5-12(18)17-4-3-16-2-1-14-10(16)7-17/h1-2,8H,3-7H2. The summed E-state index contributed by atoms with van der Waals surface area (Å²) in [5.41, 5.74) is 0.837. The maximum absolute atomic E-state index is 12.2. The zero-order valence-corrected chi connectivity index (χ0v) is 11.8. The Morgan fingerprint density at radius 2 is 2.37 bits per heavy atom. The van der Waals surface area contributed by atoms with Crippen molar-refractivity contribution in [3.05, 3.63) is 34.3 Å². The Balaban J connectivity index is 1.65. The molecule has 5 nitrogen and oxygen atoms in total. The molecule has 1 aliphatic heterocycles. The van der Waals surface area contributed by atoms with Crippen LogP contribution in [0.25, 0.3) is 0 Å². The summed E-state index contributed by atoms with van der Waals surface area (Å²) in [4.78, 5) is 22.6. The minimum absolute atomic E-state index is 0.102. The van der Waals surface area contributed by atoms with Crippen LogP contribution < -0.4 is 0 Å². The number of fused-ring (bicyclic) bond motifs is 1. The molecule has 1 aliphatic rings. The normalized spacial score (nSPS) is 14.5. The highest BCUT2D eigenvalue weighted by Crippen LogP contribution is 2.15. The summed E-state index contributed by atoms with van der Waals surface area (Å²) in [6, 6.07) is 0. The fourth-order valence-corrected chi connectivity index (χ4v) is 3.13. The number of aromatic nitrogens is 3. The second-order valence-electron chi connectivity index (χ2n) is 4.40. The van der Waals surface area contributed by atoms with Gasteiger partial charge in [0.1, 0.15) is 10.8 Å². The van der Waals surface area contributed by atoms with Gasteiger partial charge < -0.3 is 9.47 Å². The van der Waals surface area contributed by atoms with Crippen LogP contribution in [0.15, 0.2) is 17.8 Å². The molecule has 2 aromatic heterocycles. The van der Waals surface area contributed by atoms with Crippen molar-refractivity contribution in [3.63, 3.8) is 0 Å². The Hall–Kier alpha value is -1.40. The third-order valence-corrected chi connectivity index (χ3v) is 4.31. The van der Waals surface area contributed by atoms with Crippen molar-refractivity contribution in [1.29, 1.82) is 0 Å². The zero-order chi connectivity index (χ0) is 13.2. The predicted octanol–water partition coefficient (Wildman–Crippen LogP) is 1.66. The van der Waals surface area contributed by atoms with E-state index in [9.17, 15) is 4.79 Å². The summed E-state index contributed by atoms with van der Waals surface area (Å²) >= 11 is 7.20. The molecule has 7 heteroatoms. The summed E-state index contributed by atoms with van der Waals surface area (Å²) < 4.78 is 2.08. The van der Waals surface area contributed by atoms with E-state index in [0.29, 0.717) is 18.8 Å². The lowest BCUT2D eigenvalue weighted by Crippen LogP contribution is -2.39. The van der Waals surface area contributed by atoms with Gasteiger partial charge in [-0.05, 0) is 0 Å². The summed E-state index contributed by atoms with van der Waals surface area (Å²) in [6.07, 6.45) is 4.07. The number of hydrogen-bond acceptors (Lipinski definition) is 4. The third-order valence-electron chi connectivity index (χ3n) is 3.14. The first-order valence-corrected chi connectivity index (χ1v) is 7.44. The number of carbonyl (C=O) groups excluding carboxylic acids is 1. The van der Waals surface area contributed by atoms with Crippen LogP contribution in [-0.2, 0) is 30.2 Å². The lowest BCUT2D eigenvalue weighted by atomic mass is 10.3. The second kappa shape index (κ2) is 5.30. The highest BCUT2D eigenvalue weighted by molar-refractivity contribution is 7.09. The number of halogens is 1. The first-order chi connectivity index (χ1) is 9.26. The topological polar surface area (TPSA) is 51.0 Å². The minimum atomic E-state index is 0.102. The van der Waals surface area contributed by atoms with Gasteiger partial charge in [0.2, 0.25) is 5.91 Å². The average molecular weight is 297 g/mol. The minimum Gasteiger partial charge on any atom is -0.333 e. The quantitative estimate of drug-likeness (QED) is 0.810. The van der Waals surface area contributed by atoms with Gasteiger partial charge in [-0.3, -0.25) is 4.79 Å². The Morgan fingerprint density at radius 3 is 3.16 bits per heavy atom. The predicted molar refractivity (Wildman–Crippen MR) is 73.0 cm³/mol. The van der Waals surface area contributed by atoms with Gasteiger partial charge in [-0.25, -0.2) is 9.97 Å². The number of amides is 1. The number of hydrogen-bond donors (Lipinski definition) is 0. The summed E-state index contributed by atoms with van der Waals surface area (Å²) in [7, 11) is 0. The maximum atomic E-state index is 12.2. The van der Waals surface area contributed by atoms with Gasteiger partial charge in [0, 0.05) is 30.9 Å². The van der Waals surface area contributed by atoms with Crippen LogP contribution >= 0.6 is 22.9 Å². The molecule has 0 saturated heterocycles. The molecule has 3 heterocycles. The number of alkyl halides is 1. The Morgan fingerprint density at radius 1 is 1.47 bits per heavy atom. The molecule has 19 heavy (non-hydrogen) atoms. The van der Waals surface area contributed by atoms with Crippen LogP contribution in [0.5, 0.6) is 0 Å². The molecule has 1 amide bonds. The van der Waals surface area contributed by atoms with Crippen molar-refractivity contribution in [2.75, 3.05) is 6.54 Å². The van der Waals surface area contributed by atoms with Crippen molar-refractivity contribution in [3.8, 4) is 0 Å². The van der Waals surface area contributed by atoms with E-state index in [1.165, 1.54) is 11.3 Å². The monoisotopic (exact) mass is 296 g/mol. The van der Waals surface area contributed by atoms with E-state index in [1.807, 2.05) is 16.5 Å². The zero-order valence-electron chi connectivity index (χ0n) is 10.3. The molecule has 0 aliphatic carbocycles. The number of imidazole rings is 1. The molecule has 0 saturated carbocycles. The number of carbonyl (C=O) groups is 1. The van der Waals surface area contributed by atoms with Crippen molar-refractivity contribution >= 4 is 28.8 Å². The van der Waals surface area contributed by atoms with Crippen LogP contribution in [0.3, 0.4) is 0 Å².